The molecule has 0 aromatic heterocycles. The molecule has 2 rings (SSSR count). The molecule has 7 heteroatoms. The first kappa shape index (κ1) is 21.0. The zero-order valence-electron chi connectivity index (χ0n) is 13.4. The maximum atomic E-state index is 13.2. The summed E-state index contributed by atoms with van der Waals surface area (Å²) in [6, 6.07) is 16.0. The van der Waals surface area contributed by atoms with Gasteiger partial charge in [-0.05, 0) is 11.1 Å². The molecule has 136 valence electrons. The van der Waals surface area contributed by atoms with Crippen molar-refractivity contribution in [2.24, 2.45) is 5.73 Å². The zero-order valence-corrected chi connectivity index (χ0v) is 14.2. The molecule has 2 unspecified atom stereocenters. The van der Waals surface area contributed by atoms with E-state index < -0.39 is 30.5 Å². The van der Waals surface area contributed by atoms with Crippen molar-refractivity contribution >= 4 is 18.3 Å². The molecule has 2 aromatic carbocycles. The lowest BCUT2D eigenvalue weighted by molar-refractivity contribution is -0.157. The predicted octanol–water partition coefficient (Wildman–Crippen LogP) is 3.96. The van der Waals surface area contributed by atoms with Crippen molar-refractivity contribution < 1.29 is 18.0 Å². The molecule has 0 saturated heterocycles. The van der Waals surface area contributed by atoms with Gasteiger partial charge in [0.2, 0.25) is 5.91 Å². The molecule has 0 aliphatic rings. The molecule has 2 atom stereocenters. The number of hydrogen-bond acceptors (Lipinski definition) is 2. The van der Waals surface area contributed by atoms with Crippen LogP contribution in [0.1, 0.15) is 29.5 Å². The van der Waals surface area contributed by atoms with Crippen LogP contribution >= 0.6 is 12.4 Å². The third-order valence-corrected chi connectivity index (χ3v) is 3.73. The van der Waals surface area contributed by atoms with Crippen molar-refractivity contribution in [1.82, 2.24) is 5.32 Å². The van der Waals surface area contributed by atoms with Crippen molar-refractivity contribution in [2.75, 3.05) is 6.54 Å². The van der Waals surface area contributed by atoms with Gasteiger partial charge in [0.05, 0.1) is 5.92 Å². The number of amides is 1. The van der Waals surface area contributed by atoms with Crippen molar-refractivity contribution in [2.45, 2.75) is 24.6 Å². The summed E-state index contributed by atoms with van der Waals surface area (Å²) in [7, 11) is 0. The highest BCUT2D eigenvalue weighted by atomic mass is 35.5. The first-order chi connectivity index (χ1) is 11.4. The van der Waals surface area contributed by atoms with Gasteiger partial charge in [-0.15, -0.1) is 12.4 Å². The van der Waals surface area contributed by atoms with Crippen LogP contribution in [0.3, 0.4) is 0 Å². The Morgan fingerprint density at radius 2 is 1.44 bits per heavy atom. The number of carbonyl (C=O) groups excluding carboxylic acids is 1. The molecule has 0 aliphatic carbocycles. The predicted molar refractivity (Wildman–Crippen MR) is 93.5 cm³/mol. The number of carbonyl (C=O) groups is 1. The van der Waals surface area contributed by atoms with Crippen LogP contribution in [0.5, 0.6) is 0 Å². The first-order valence-electron chi connectivity index (χ1n) is 7.57. The summed E-state index contributed by atoms with van der Waals surface area (Å²) in [6.45, 7) is 0.0855. The summed E-state index contributed by atoms with van der Waals surface area (Å²) in [6.07, 6.45) is -5.14. The lowest BCUT2D eigenvalue weighted by atomic mass is 9.94. The summed E-state index contributed by atoms with van der Waals surface area (Å²) >= 11 is 0. The van der Waals surface area contributed by atoms with Gasteiger partial charge in [-0.3, -0.25) is 4.79 Å². The average molecular weight is 373 g/mol. The van der Waals surface area contributed by atoms with Crippen LogP contribution in [0.2, 0.25) is 0 Å². The van der Waals surface area contributed by atoms with Gasteiger partial charge < -0.3 is 11.1 Å². The second-order valence-corrected chi connectivity index (χ2v) is 5.53. The van der Waals surface area contributed by atoms with Crippen LogP contribution in [-0.4, -0.2) is 18.6 Å². The highest BCUT2D eigenvalue weighted by Crippen LogP contribution is 2.37. The second kappa shape index (κ2) is 9.44. The van der Waals surface area contributed by atoms with Crippen molar-refractivity contribution in [3.8, 4) is 0 Å². The second-order valence-electron chi connectivity index (χ2n) is 5.53. The molecular weight excluding hydrogens is 353 g/mol. The molecule has 0 spiro atoms. The average Bonchev–Trinajstić information content (AvgIpc) is 2.58. The van der Waals surface area contributed by atoms with Gasteiger partial charge in [-0.1, -0.05) is 60.7 Å². The number of halogens is 4. The minimum atomic E-state index is -4.49. The van der Waals surface area contributed by atoms with Gasteiger partial charge >= 0.3 is 6.18 Å². The SMILES string of the molecule is Cl.NC(CNC(=O)CC(c1ccccc1)C(F)(F)F)c1ccccc1. The summed E-state index contributed by atoms with van der Waals surface area (Å²) in [5.41, 5.74) is 6.82. The van der Waals surface area contributed by atoms with Crippen molar-refractivity contribution in [3.05, 3.63) is 71.8 Å². The van der Waals surface area contributed by atoms with E-state index in [4.69, 9.17) is 5.73 Å². The molecule has 0 heterocycles. The molecule has 0 radical (unpaired) electrons. The highest BCUT2D eigenvalue weighted by molar-refractivity contribution is 5.85. The summed E-state index contributed by atoms with van der Waals surface area (Å²) in [5.74, 6) is -2.50. The molecule has 0 aliphatic heterocycles. The zero-order chi connectivity index (χ0) is 17.6. The van der Waals surface area contributed by atoms with Gasteiger partial charge in [0, 0.05) is 19.0 Å². The van der Waals surface area contributed by atoms with E-state index in [0.717, 1.165) is 5.56 Å². The summed E-state index contributed by atoms with van der Waals surface area (Å²) in [5, 5.41) is 2.49. The third-order valence-electron chi connectivity index (χ3n) is 3.73. The van der Waals surface area contributed by atoms with E-state index >= 15 is 0 Å². The number of benzene rings is 2. The molecule has 3 nitrogen and oxygen atoms in total. The van der Waals surface area contributed by atoms with Crippen LogP contribution in [0, 0.1) is 0 Å². The normalized spacial score (nSPS) is 13.4. The Kier molecular flexibility index (Phi) is 7.93. The maximum absolute atomic E-state index is 13.2. The van der Waals surface area contributed by atoms with E-state index in [1.807, 2.05) is 18.2 Å². The third kappa shape index (κ3) is 6.40. The topological polar surface area (TPSA) is 55.1 Å². The van der Waals surface area contributed by atoms with Gasteiger partial charge in [0.15, 0.2) is 0 Å². The minimum absolute atomic E-state index is 0. The molecule has 25 heavy (non-hydrogen) atoms. The largest absolute Gasteiger partial charge is 0.396 e. The molecule has 2 aromatic rings. The van der Waals surface area contributed by atoms with Crippen molar-refractivity contribution in [3.63, 3.8) is 0 Å². The Labute approximate surface area is 150 Å². The van der Waals surface area contributed by atoms with E-state index in [1.54, 1.807) is 18.2 Å². The van der Waals surface area contributed by atoms with E-state index in [-0.39, 0.29) is 24.5 Å². The van der Waals surface area contributed by atoms with E-state index in [9.17, 15) is 18.0 Å². The molecular formula is C18H20ClF3N2O. The molecule has 0 bridgehead atoms. The molecule has 0 saturated carbocycles. The van der Waals surface area contributed by atoms with Crippen LogP contribution in [-0.2, 0) is 4.79 Å². The van der Waals surface area contributed by atoms with E-state index in [0.29, 0.717) is 0 Å². The Morgan fingerprint density at radius 3 is 1.92 bits per heavy atom. The van der Waals surface area contributed by atoms with Crippen LogP contribution in [0.4, 0.5) is 13.2 Å². The summed E-state index contributed by atoms with van der Waals surface area (Å²) in [4.78, 5) is 11.9. The van der Waals surface area contributed by atoms with Gasteiger partial charge in [0.1, 0.15) is 0 Å². The molecule has 3 N–H and O–H groups in total. The fourth-order valence-electron chi connectivity index (χ4n) is 2.41. The number of rotatable bonds is 6. The minimum Gasteiger partial charge on any atom is -0.354 e. The molecule has 1 amide bonds. The van der Waals surface area contributed by atoms with E-state index in [1.165, 1.54) is 24.3 Å². The maximum Gasteiger partial charge on any atom is 0.396 e. The van der Waals surface area contributed by atoms with Crippen LogP contribution in [0.25, 0.3) is 0 Å². The highest BCUT2D eigenvalue weighted by Gasteiger charge is 2.41. The number of hydrogen-bond donors (Lipinski definition) is 2. The fourth-order valence-corrected chi connectivity index (χ4v) is 2.41. The van der Waals surface area contributed by atoms with E-state index in [2.05, 4.69) is 5.32 Å². The van der Waals surface area contributed by atoms with Crippen LogP contribution in [0.15, 0.2) is 60.7 Å². The fraction of sp³-hybridized carbons (Fsp3) is 0.278. The standard InChI is InChI=1S/C18H19F3N2O.ClH/c19-18(20,21)15(13-7-3-1-4-8-13)11-17(24)23-12-16(22)14-9-5-2-6-10-14;/h1-10,15-16H,11-12,22H2,(H,23,24);1H. The Morgan fingerprint density at radius 1 is 0.960 bits per heavy atom. The Balaban J connectivity index is 0.00000312. The Hall–Kier alpha value is -2.05. The number of nitrogens with two attached hydrogens (primary N) is 1. The Bertz CT molecular complexity index is 650. The quantitative estimate of drug-likeness (QED) is 0.806. The van der Waals surface area contributed by atoms with Gasteiger partial charge in [-0.2, -0.15) is 13.2 Å². The van der Waals surface area contributed by atoms with Crippen molar-refractivity contribution in [1.29, 1.82) is 0 Å². The van der Waals surface area contributed by atoms with Gasteiger partial charge in [0.25, 0.3) is 0 Å². The van der Waals surface area contributed by atoms with Crippen LogP contribution < -0.4 is 11.1 Å². The monoisotopic (exact) mass is 372 g/mol. The number of alkyl halides is 3. The van der Waals surface area contributed by atoms with Gasteiger partial charge in [-0.25, -0.2) is 0 Å². The lowest BCUT2D eigenvalue weighted by Crippen LogP contribution is -2.34. The number of nitrogens with one attached hydrogen (secondary N) is 1. The summed E-state index contributed by atoms with van der Waals surface area (Å²) < 4.78 is 39.7. The first-order valence-corrected chi connectivity index (χ1v) is 7.57. The smallest absolute Gasteiger partial charge is 0.354 e. The lowest BCUT2D eigenvalue weighted by Gasteiger charge is -2.21. The molecule has 0 fully saturated rings.